The van der Waals surface area contributed by atoms with Crippen molar-refractivity contribution in [3.8, 4) is 0 Å². The monoisotopic (exact) mass is 264 g/mol. The van der Waals surface area contributed by atoms with Crippen molar-refractivity contribution in [1.82, 2.24) is 10.3 Å². The van der Waals surface area contributed by atoms with E-state index in [0.717, 1.165) is 31.9 Å². The SMILES string of the molecule is Nc1cc(C(=O)NC2CCCCC2)c([N+](=O)[O-])cn1. The number of nitrogen functional groups attached to an aromatic ring is 1. The molecule has 0 aromatic carbocycles. The molecule has 0 radical (unpaired) electrons. The van der Waals surface area contributed by atoms with Crippen LogP contribution in [0.1, 0.15) is 42.5 Å². The second-order valence-corrected chi connectivity index (χ2v) is 4.69. The van der Waals surface area contributed by atoms with Gasteiger partial charge in [-0.15, -0.1) is 0 Å². The van der Waals surface area contributed by atoms with Gasteiger partial charge in [0.1, 0.15) is 17.6 Å². The van der Waals surface area contributed by atoms with Gasteiger partial charge in [0.15, 0.2) is 0 Å². The first-order valence-electron chi connectivity index (χ1n) is 6.28. The highest BCUT2D eigenvalue weighted by Gasteiger charge is 2.24. The lowest BCUT2D eigenvalue weighted by Crippen LogP contribution is -2.36. The molecule has 1 saturated carbocycles. The van der Waals surface area contributed by atoms with Gasteiger partial charge in [-0.3, -0.25) is 14.9 Å². The quantitative estimate of drug-likeness (QED) is 0.636. The molecule has 0 bridgehead atoms. The van der Waals surface area contributed by atoms with Crippen LogP contribution < -0.4 is 11.1 Å². The number of anilines is 1. The number of nitro groups is 1. The van der Waals surface area contributed by atoms with Gasteiger partial charge in [0.05, 0.1) is 4.92 Å². The fourth-order valence-corrected chi connectivity index (χ4v) is 2.30. The molecular formula is C12H16N4O3. The maximum absolute atomic E-state index is 12.1. The number of hydrogen-bond acceptors (Lipinski definition) is 5. The number of carbonyl (C=O) groups is 1. The van der Waals surface area contributed by atoms with Gasteiger partial charge >= 0.3 is 0 Å². The summed E-state index contributed by atoms with van der Waals surface area (Å²) in [5.74, 6) is -0.355. The van der Waals surface area contributed by atoms with E-state index in [1.54, 1.807) is 0 Å². The summed E-state index contributed by atoms with van der Waals surface area (Å²) in [5.41, 5.74) is 5.14. The first-order chi connectivity index (χ1) is 9.08. The number of nitrogens with two attached hydrogens (primary N) is 1. The van der Waals surface area contributed by atoms with Crippen LogP contribution in [0.3, 0.4) is 0 Å². The van der Waals surface area contributed by atoms with Gasteiger partial charge < -0.3 is 11.1 Å². The Balaban J connectivity index is 2.17. The van der Waals surface area contributed by atoms with Gasteiger partial charge in [-0.2, -0.15) is 0 Å². The first-order valence-corrected chi connectivity index (χ1v) is 6.28. The van der Waals surface area contributed by atoms with Crippen molar-refractivity contribution in [1.29, 1.82) is 0 Å². The Morgan fingerprint density at radius 1 is 1.42 bits per heavy atom. The average molecular weight is 264 g/mol. The Morgan fingerprint density at radius 3 is 2.74 bits per heavy atom. The predicted octanol–water partition coefficient (Wildman–Crippen LogP) is 1.63. The standard InChI is InChI=1S/C12H16N4O3/c13-11-6-9(10(7-14-11)16(18)19)12(17)15-8-4-2-1-3-5-8/h6-8H,1-5H2,(H2,13,14)(H,15,17). The highest BCUT2D eigenvalue weighted by molar-refractivity contribution is 5.98. The van der Waals surface area contributed by atoms with Crippen molar-refractivity contribution in [3.05, 3.63) is 27.9 Å². The van der Waals surface area contributed by atoms with E-state index in [-0.39, 0.29) is 23.1 Å². The number of carbonyl (C=O) groups excluding carboxylic acids is 1. The zero-order valence-corrected chi connectivity index (χ0v) is 10.5. The van der Waals surface area contributed by atoms with Crippen molar-refractivity contribution in [2.45, 2.75) is 38.1 Å². The second-order valence-electron chi connectivity index (χ2n) is 4.69. The molecule has 7 heteroatoms. The molecule has 2 rings (SSSR count). The van der Waals surface area contributed by atoms with E-state index >= 15 is 0 Å². The zero-order chi connectivity index (χ0) is 13.8. The largest absolute Gasteiger partial charge is 0.384 e. The lowest BCUT2D eigenvalue weighted by molar-refractivity contribution is -0.385. The molecule has 0 aliphatic heterocycles. The molecule has 1 aliphatic rings. The van der Waals surface area contributed by atoms with Gasteiger partial charge in [-0.05, 0) is 18.9 Å². The van der Waals surface area contributed by atoms with Crippen LogP contribution in [0.15, 0.2) is 12.3 Å². The zero-order valence-electron chi connectivity index (χ0n) is 10.5. The molecule has 3 N–H and O–H groups in total. The van der Waals surface area contributed by atoms with E-state index in [1.807, 2.05) is 0 Å². The van der Waals surface area contributed by atoms with Crippen molar-refractivity contribution < 1.29 is 9.72 Å². The van der Waals surface area contributed by atoms with Crippen molar-refractivity contribution in [2.24, 2.45) is 0 Å². The van der Waals surface area contributed by atoms with E-state index in [4.69, 9.17) is 5.73 Å². The van der Waals surface area contributed by atoms with Gasteiger partial charge in [0, 0.05) is 6.04 Å². The van der Waals surface area contributed by atoms with Crippen LogP contribution in [0.5, 0.6) is 0 Å². The van der Waals surface area contributed by atoms with Crippen LogP contribution in [0.4, 0.5) is 11.5 Å². The summed E-state index contributed by atoms with van der Waals surface area (Å²) in [6, 6.07) is 1.34. The Labute approximate surface area is 110 Å². The van der Waals surface area contributed by atoms with Gasteiger partial charge in [0.25, 0.3) is 11.6 Å². The van der Waals surface area contributed by atoms with Crippen LogP contribution in [0.2, 0.25) is 0 Å². The third kappa shape index (κ3) is 3.18. The van der Waals surface area contributed by atoms with Gasteiger partial charge in [-0.25, -0.2) is 4.98 Å². The number of aromatic nitrogens is 1. The fourth-order valence-electron chi connectivity index (χ4n) is 2.30. The maximum atomic E-state index is 12.1. The first kappa shape index (κ1) is 13.3. The molecule has 0 spiro atoms. The molecule has 1 heterocycles. The minimum atomic E-state index is -0.623. The molecule has 1 aromatic heterocycles. The van der Waals surface area contributed by atoms with E-state index in [9.17, 15) is 14.9 Å². The Hall–Kier alpha value is -2.18. The van der Waals surface area contributed by atoms with Crippen LogP contribution in [-0.2, 0) is 0 Å². The Morgan fingerprint density at radius 2 is 2.11 bits per heavy atom. The summed E-state index contributed by atoms with van der Waals surface area (Å²) in [6.45, 7) is 0. The molecule has 1 aliphatic carbocycles. The number of nitrogens with zero attached hydrogens (tertiary/aromatic N) is 2. The van der Waals surface area contributed by atoms with Crippen LogP contribution >= 0.6 is 0 Å². The normalized spacial score (nSPS) is 16.0. The van der Waals surface area contributed by atoms with Crippen molar-refractivity contribution in [2.75, 3.05) is 5.73 Å². The molecule has 7 nitrogen and oxygen atoms in total. The molecule has 1 amide bonds. The molecule has 102 valence electrons. The lowest BCUT2D eigenvalue weighted by atomic mass is 9.95. The van der Waals surface area contributed by atoms with E-state index in [2.05, 4.69) is 10.3 Å². The summed E-state index contributed by atoms with van der Waals surface area (Å²) in [6.07, 6.45) is 6.18. The molecule has 19 heavy (non-hydrogen) atoms. The molecule has 0 unspecified atom stereocenters. The number of rotatable bonds is 3. The summed E-state index contributed by atoms with van der Waals surface area (Å²) in [4.78, 5) is 26.0. The number of pyridine rings is 1. The van der Waals surface area contributed by atoms with Gasteiger partial charge in [0.2, 0.25) is 0 Å². The molecule has 1 fully saturated rings. The number of nitrogens with one attached hydrogen (secondary N) is 1. The Kier molecular flexibility index (Phi) is 3.94. The topological polar surface area (TPSA) is 111 Å². The van der Waals surface area contributed by atoms with Gasteiger partial charge in [-0.1, -0.05) is 19.3 Å². The second kappa shape index (κ2) is 5.64. The lowest BCUT2D eigenvalue weighted by Gasteiger charge is -2.22. The summed E-state index contributed by atoms with van der Waals surface area (Å²) >= 11 is 0. The maximum Gasteiger partial charge on any atom is 0.300 e. The minimum absolute atomic E-state index is 0.0249. The summed E-state index contributed by atoms with van der Waals surface area (Å²) in [5, 5.41) is 13.7. The smallest absolute Gasteiger partial charge is 0.300 e. The third-order valence-electron chi connectivity index (χ3n) is 3.29. The molecule has 1 aromatic rings. The minimum Gasteiger partial charge on any atom is -0.384 e. The van der Waals surface area contributed by atoms with E-state index in [1.165, 1.54) is 12.5 Å². The molecule has 0 saturated heterocycles. The van der Waals surface area contributed by atoms with E-state index in [0.29, 0.717) is 0 Å². The number of amides is 1. The fraction of sp³-hybridized carbons (Fsp3) is 0.500. The third-order valence-corrected chi connectivity index (χ3v) is 3.29. The summed E-state index contributed by atoms with van der Waals surface area (Å²) < 4.78 is 0. The predicted molar refractivity (Wildman–Crippen MR) is 69.6 cm³/mol. The highest BCUT2D eigenvalue weighted by Crippen LogP contribution is 2.21. The average Bonchev–Trinajstić information content (AvgIpc) is 2.39. The van der Waals surface area contributed by atoms with E-state index < -0.39 is 10.8 Å². The molecule has 0 atom stereocenters. The van der Waals surface area contributed by atoms with Crippen LogP contribution in [0, 0.1) is 10.1 Å². The van der Waals surface area contributed by atoms with Crippen LogP contribution in [0.25, 0.3) is 0 Å². The molecular weight excluding hydrogens is 248 g/mol. The highest BCUT2D eigenvalue weighted by atomic mass is 16.6. The summed E-state index contributed by atoms with van der Waals surface area (Å²) in [7, 11) is 0. The van der Waals surface area contributed by atoms with Crippen molar-refractivity contribution >= 4 is 17.4 Å². The van der Waals surface area contributed by atoms with Crippen molar-refractivity contribution in [3.63, 3.8) is 0 Å². The van der Waals surface area contributed by atoms with Crippen LogP contribution in [-0.4, -0.2) is 21.9 Å². The number of hydrogen-bond donors (Lipinski definition) is 2. The Bertz CT molecular complexity index is 498.